The van der Waals surface area contributed by atoms with Crippen LogP contribution in [-0.2, 0) is 33.3 Å². The third kappa shape index (κ3) is 62.4. The summed E-state index contributed by atoms with van der Waals surface area (Å²) < 4.78 is 22.6. The minimum atomic E-state index is -1.65. The van der Waals surface area contributed by atoms with E-state index in [-0.39, 0.29) is 38.6 Å². The number of likely N-dealkylation sites (N-methyl/N-ethyl adjacent to an activating group) is 1. The molecule has 0 aliphatic rings. The maximum absolute atomic E-state index is 12.8. The van der Waals surface area contributed by atoms with Gasteiger partial charge in [-0.2, -0.15) is 0 Å². The van der Waals surface area contributed by atoms with Gasteiger partial charge in [-0.25, -0.2) is 0 Å². The molecule has 2 unspecified atom stereocenters. The largest absolute Gasteiger partial charge is 0.545 e. The quantitative estimate of drug-likeness (QED) is 0.0195. The maximum Gasteiger partial charge on any atom is 0.310 e. The maximum atomic E-state index is 12.8. The van der Waals surface area contributed by atoms with E-state index >= 15 is 0 Å². The Kier molecular flexibility index (Phi) is 58.7. The number of quaternary nitrogens is 1. The molecular formula is C70H127NO8. The van der Waals surface area contributed by atoms with Gasteiger partial charge in [-0.3, -0.25) is 9.59 Å². The van der Waals surface area contributed by atoms with Gasteiger partial charge in [-0.05, 0) is 38.5 Å². The van der Waals surface area contributed by atoms with Gasteiger partial charge in [0.05, 0.1) is 46.7 Å². The Labute approximate surface area is 488 Å². The number of unbranched alkanes of at least 4 members (excludes halogenated alkanes) is 38. The number of hydrogen-bond acceptors (Lipinski definition) is 8. The van der Waals surface area contributed by atoms with Crippen LogP contribution in [0.5, 0.6) is 0 Å². The first-order valence-corrected chi connectivity index (χ1v) is 33.4. The standard InChI is InChI=1S/C70H127NO8/c1-6-8-10-12-14-16-18-20-22-23-24-25-26-27-28-29-30-31-32-33-34-35-36-37-38-39-40-41-42-43-44-45-47-48-50-52-54-56-58-60-67(72)77-64-66(65-78-70(69(74)75)76-63-62-71(3,4)5)79-68(73)61-59-57-55-53-51-49-46-21-19-17-15-13-11-9-7-2/h9,11,15,17,21,46,51,53,57,59,66,70H,6-8,10,12-14,16,18-20,22-45,47-50,52,54-56,58,60-65H2,1-5H3/b11-9-,17-15-,46-21-,53-51-,59-57-. The molecule has 0 aliphatic heterocycles. The van der Waals surface area contributed by atoms with Gasteiger partial charge in [0.2, 0.25) is 0 Å². The highest BCUT2D eigenvalue weighted by molar-refractivity contribution is 5.71. The van der Waals surface area contributed by atoms with Crippen molar-refractivity contribution in [1.29, 1.82) is 0 Å². The van der Waals surface area contributed by atoms with Crippen LogP contribution in [0.15, 0.2) is 60.8 Å². The van der Waals surface area contributed by atoms with Crippen molar-refractivity contribution >= 4 is 17.9 Å². The lowest BCUT2D eigenvalue weighted by Gasteiger charge is -2.26. The molecule has 0 aromatic rings. The van der Waals surface area contributed by atoms with Crippen molar-refractivity contribution in [2.45, 2.75) is 322 Å². The van der Waals surface area contributed by atoms with Crippen molar-refractivity contribution in [3.63, 3.8) is 0 Å². The Balaban J connectivity index is 3.95. The molecule has 0 amide bonds. The number of allylic oxidation sites excluding steroid dienone is 9. The second-order valence-electron chi connectivity index (χ2n) is 23.8. The van der Waals surface area contributed by atoms with Crippen molar-refractivity contribution in [3.05, 3.63) is 60.8 Å². The molecule has 0 aliphatic carbocycles. The molecule has 0 aromatic carbocycles. The lowest BCUT2D eigenvalue weighted by Crippen LogP contribution is -2.44. The molecule has 0 saturated carbocycles. The summed E-state index contributed by atoms with van der Waals surface area (Å²) in [4.78, 5) is 37.2. The number of carbonyl (C=O) groups excluding carboxylic acids is 3. The molecule has 0 radical (unpaired) electrons. The van der Waals surface area contributed by atoms with Gasteiger partial charge in [0.1, 0.15) is 13.2 Å². The van der Waals surface area contributed by atoms with Crippen LogP contribution in [0.2, 0.25) is 0 Å². The second kappa shape index (κ2) is 61.1. The van der Waals surface area contributed by atoms with Crippen LogP contribution in [0.4, 0.5) is 0 Å². The van der Waals surface area contributed by atoms with Gasteiger partial charge in [0, 0.05) is 6.42 Å². The fraction of sp³-hybridized carbons (Fsp3) is 0.814. The summed E-state index contributed by atoms with van der Waals surface area (Å²) in [7, 11) is 5.90. The Morgan fingerprint density at radius 2 is 0.709 bits per heavy atom. The zero-order valence-corrected chi connectivity index (χ0v) is 52.5. The van der Waals surface area contributed by atoms with Crippen LogP contribution in [0.25, 0.3) is 0 Å². The van der Waals surface area contributed by atoms with Crippen molar-refractivity contribution in [1.82, 2.24) is 0 Å². The van der Waals surface area contributed by atoms with Gasteiger partial charge in [-0.15, -0.1) is 0 Å². The molecule has 0 spiro atoms. The van der Waals surface area contributed by atoms with E-state index in [4.69, 9.17) is 18.9 Å². The van der Waals surface area contributed by atoms with Crippen LogP contribution in [0.1, 0.15) is 309 Å². The first-order chi connectivity index (χ1) is 38.6. The fourth-order valence-electron chi connectivity index (χ4n) is 9.73. The molecule has 9 nitrogen and oxygen atoms in total. The van der Waals surface area contributed by atoms with E-state index in [0.29, 0.717) is 17.4 Å². The minimum Gasteiger partial charge on any atom is -0.545 e. The zero-order chi connectivity index (χ0) is 57.6. The lowest BCUT2D eigenvalue weighted by atomic mass is 10.0. The molecule has 0 N–H and O–H groups in total. The van der Waals surface area contributed by atoms with E-state index in [0.717, 1.165) is 44.9 Å². The Bertz CT molecular complexity index is 1480. The molecule has 0 heterocycles. The van der Waals surface area contributed by atoms with Gasteiger partial charge in [0.15, 0.2) is 12.4 Å². The molecule has 2 atom stereocenters. The van der Waals surface area contributed by atoms with Gasteiger partial charge in [0.25, 0.3) is 0 Å². The molecular weight excluding hydrogens is 983 g/mol. The smallest absolute Gasteiger partial charge is 0.310 e. The highest BCUT2D eigenvalue weighted by Crippen LogP contribution is 2.18. The lowest BCUT2D eigenvalue weighted by molar-refractivity contribution is -0.870. The molecule has 460 valence electrons. The normalized spacial score (nSPS) is 13.1. The van der Waals surface area contributed by atoms with Crippen molar-refractivity contribution in [2.24, 2.45) is 0 Å². The topological polar surface area (TPSA) is 111 Å². The van der Waals surface area contributed by atoms with E-state index < -0.39 is 24.3 Å². The van der Waals surface area contributed by atoms with Gasteiger partial charge in [-0.1, -0.05) is 319 Å². The van der Waals surface area contributed by atoms with E-state index in [1.807, 2.05) is 33.3 Å². The van der Waals surface area contributed by atoms with E-state index in [1.54, 1.807) is 6.08 Å². The summed E-state index contributed by atoms with van der Waals surface area (Å²) in [6.45, 7) is 4.55. The Morgan fingerprint density at radius 3 is 1.03 bits per heavy atom. The molecule has 79 heavy (non-hydrogen) atoms. The van der Waals surface area contributed by atoms with Gasteiger partial charge < -0.3 is 33.3 Å². The highest BCUT2D eigenvalue weighted by Gasteiger charge is 2.21. The van der Waals surface area contributed by atoms with Crippen molar-refractivity contribution in [2.75, 3.05) is 47.5 Å². The summed E-state index contributed by atoms with van der Waals surface area (Å²) in [5.41, 5.74) is 0. The highest BCUT2D eigenvalue weighted by atomic mass is 16.7. The van der Waals surface area contributed by atoms with Crippen LogP contribution in [0.3, 0.4) is 0 Å². The molecule has 0 rings (SSSR count). The number of carbonyl (C=O) groups is 3. The second-order valence-corrected chi connectivity index (χ2v) is 23.8. The summed E-state index contributed by atoms with van der Waals surface area (Å²) >= 11 is 0. The Hall–Kier alpha value is -3.01. The summed E-state index contributed by atoms with van der Waals surface area (Å²) in [5.74, 6) is -2.44. The fourth-order valence-corrected chi connectivity index (χ4v) is 9.73. The molecule has 0 aromatic heterocycles. The van der Waals surface area contributed by atoms with Crippen LogP contribution in [-0.4, -0.2) is 82.3 Å². The van der Waals surface area contributed by atoms with Crippen LogP contribution in [0, 0.1) is 0 Å². The number of rotatable bonds is 62. The zero-order valence-electron chi connectivity index (χ0n) is 52.5. The predicted octanol–water partition coefficient (Wildman–Crippen LogP) is 19.0. The predicted molar refractivity (Wildman–Crippen MR) is 334 cm³/mol. The summed E-state index contributed by atoms with van der Waals surface area (Å²) in [6.07, 6.45) is 76.6. The third-order valence-electron chi connectivity index (χ3n) is 14.8. The average molecular weight is 1110 g/mol. The van der Waals surface area contributed by atoms with Crippen LogP contribution < -0.4 is 5.11 Å². The molecule has 0 fully saturated rings. The van der Waals surface area contributed by atoms with Crippen molar-refractivity contribution in [3.8, 4) is 0 Å². The summed E-state index contributed by atoms with van der Waals surface area (Å²) in [6, 6.07) is 0. The van der Waals surface area contributed by atoms with Crippen molar-refractivity contribution < 1.29 is 42.9 Å². The monoisotopic (exact) mass is 1110 g/mol. The number of hydrogen-bond donors (Lipinski definition) is 0. The third-order valence-corrected chi connectivity index (χ3v) is 14.8. The number of ether oxygens (including phenoxy) is 4. The minimum absolute atomic E-state index is 0.0155. The van der Waals surface area contributed by atoms with Gasteiger partial charge >= 0.3 is 11.9 Å². The molecule has 0 bridgehead atoms. The Morgan fingerprint density at radius 1 is 0.392 bits per heavy atom. The summed E-state index contributed by atoms with van der Waals surface area (Å²) in [5, 5.41) is 11.8. The molecule has 0 saturated heterocycles. The SMILES string of the molecule is CC/C=C\C/C=C\C/C=C\C/C=C\C/C=C\CC(=O)OC(COC(=O)CCCCCCCCCCCCCCCCCCCCCCCCCCCCCCCCCCCCCCCCC)COC(OCC[N+](C)(C)C)C(=O)[O-]. The number of nitrogens with zero attached hydrogens (tertiary/aromatic N) is 1. The van der Waals surface area contributed by atoms with E-state index in [2.05, 4.69) is 56.4 Å². The number of aliphatic carboxylic acids is 1. The number of carboxylic acid groups (broad SMARTS) is 1. The first-order valence-electron chi connectivity index (χ1n) is 33.4. The first kappa shape index (κ1) is 76.0. The van der Waals surface area contributed by atoms with E-state index in [1.165, 1.54) is 231 Å². The number of esters is 2. The number of carboxylic acids is 1. The molecule has 9 heteroatoms. The van der Waals surface area contributed by atoms with Crippen LogP contribution >= 0.6 is 0 Å². The van der Waals surface area contributed by atoms with E-state index in [9.17, 15) is 19.5 Å². The average Bonchev–Trinajstić information content (AvgIpc) is 3.42.